The first kappa shape index (κ1) is 21.7. The predicted molar refractivity (Wildman–Crippen MR) is 108 cm³/mol. The van der Waals surface area contributed by atoms with Crippen molar-refractivity contribution in [2.45, 2.75) is 25.8 Å². The van der Waals surface area contributed by atoms with Gasteiger partial charge in [0.1, 0.15) is 17.6 Å². The summed E-state index contributed by atoms with van der Waals surface area (Å²) in [6, 6.07) is 11.7. The zero-order valence-electron chi connectivity index (χ0n) is 16.2. The molecule has 8 heteroatoms. The minimum Gasteiger partial charge on any atom is -0.496 e. The van der Waals surface area contributed by atoms with E-state index in [9.17, 15) is 17.6 Å². The van der Waals surface area contributed by atoms with Crippen molar-refractivity contribution in [1.82, 2.24) is 5.32 Å². The van der Waals surface area contributed by atoms with Gasteiger partial charge in [-0.15, -0.1) is 0 Å². The summed E-state index contributed by atoms with van der Waals surface area (Å²) in [5.74, 6) is -0.109. The Labute approximate surface area is 165 Å². The molecule has 2 aromatic carbocycles. The van der Waals surface area contributed by atoms with Gasteiger partial charge in [-0.1, -0.05) is 18.2 Å². The van der Waals surface area contributed by atoms with Gasteiger partial charge in [0.05, 0.1) is 19.1 Å². The Morgan fingerprint density at radius 2 is 1.82 bits per heavy atom. The van der Waals surface area contributed by atoms with Crippen molar-refractivity contribution in [3.8, 4) is 5.75 Å². The Kier molecular flexibility index (Phi) is 7.39. The Hall–Kier alpha value is -2.61. The van der Waals surface area contributed by atoms with E-state index < -0.39 is 27.8 Å². The average molecular weight is 408 g/mol. The van der Waals surface area contributed by atoms with Crippen LogP contribution in [0.4, 0.5) is 10.1 Å². The minimum atomic E-state index is -3.72. The summed E-state index contributed by atoms with van der Waals surface area (Å²) in [7, 11) is -2.12. The molecule has 0 bridgehead atoms. The molecule has 1 N–H and O–H groups in total. The molecule has 0 aliphatic heterocycles. The lowest BCUT2D eigenvalue weighted by Crippen LogP contribution is -2.48. The van der Waals surface area contributed by atoms with Crippen LogP contribution in [0.25, 0.3) is 0 Å². The smallest absolute Gasteiger partial charge is 0.243 e. The SMILES string of the molecule is COc1ccccc1CCCNC(=O)[C@@H](C)N(c1ccc(F)cc1)S(C)(=O)=O. The fourth-order valence-corrected chi connectivity index (χ4v) is 4.12. The number of ether oxygens (including phenoxy) is 1. The molecule has 0 aliphatic rings. The quantitative estimate of drug-likeness (QED) is 0.648. The number of carbonyl (C=O) groups excluding carboxylic acids is 1. The third kappa shape index (κ3) is 5.69. The third-order valence-electron chi connectivity index (χ3n) is 4.28. The number of anilines is 1. The number of hydrogen-bond donors (Lipinski definition) is 1. The van der Waals surface area contributed by atoms with Crippen molar-refractivity contribution in [3.05, 3.63) is 59.9 Å². The first-order chi connectivity index (χ1) is 13.2. The van der Waals surface area contributed by atoms with E-state index in [1.54, 1.807) is 7.11 Å². The van der Waals surface area contributed by atoms with E-state index in [2.05, 4.69) is 5.32 Å². The molecule has 152 valence electrons. The maximum atomic E-state index is 13.1. The van der Waals surface area contributed by atoms with Crippen molar-refractivity contribution in [2.24, 2.45) is 0 Å². The van der Waals surface area contributed by atoms with Crippen molar-refractivity contribution in [2.75, 3.05) is 24.2 Å². The van der Waals surface area contributed by atoms with Crippen LogP contribution in [-0.2, 0) is 21.2 Å². The van der Waals surface area contributed by atoms with Crippen LogP contribution in [0.3, 0.4) is 0 Å². The van der Waals surface area contributed by atoms with Gasteiger partial charge in [-0.05, 0) is 55.7 Å². The van der Waals surface area contributed by atoms with Crippen LogP contribution in [0, 0.1) is 5.82 Å². The van der Waals surface area contributed by atoms with Gasteiger partial charge >= 0.3 is 0 Å². The molecular formula is C20H25FN2O4S. The zero-order valence-corrected chi connectivity index (χ0v) is 17.0. The maximum absolute atomic E-state index is 13.1. The molecule has 0 aromatic heterocycles. The van der Waals surface area contributed by atoms with E-state index >= 15 is 0 Å². The summed E-state index contributed by atoms with van der Waals surface area (Å²) in [6.07, 6.45) is 2.41. The number of nitrogens with one attached hydrogen (secondary N) is 1. The zero-order chi connectivity index (χ0) is 20.7. The number of methoxy groups -OCH3 is 1. The fraction of sp³-hybridized carbons (Fsp3) is 0.350. The van der Waals surface area contributed by atoms with Crippen LogP contribution in [0.5, 0.6) is 5.75 Å². The van der Waals surface area contributed by atoms with Crippen molar-refractivity contribution in [1.29, 1.82) is 0 Å². The Balaban J connectivity index is 1.98. The number of aryl methyl sites for hydroxylation is 1. The molecule has 0 radical (unpaired) electrons. The van der Waals surface area contributed by atoms with E-state index in [1.807, 2.05) is 24.3 Å². The van der Waals surface area contributed by atoms with Gasteiger partial charge in [-0.2, -0.15) is 0 Å². The first-order valence-electron chi connectivity index (χ1n) is 8.88. The highest BCUT2D eigenvalue weighted by Gasteiger charge is 2.28. The molecule has 28 heavy (non-hydrogen) atoms. The number of hydrogen-bond acceptors (Lipinski definition) is 4. The molecule has 6 nitrogen and oxygen atoms in total. The summed E-state index contributed by atoms with van der Waals surface area (Å²) in [5.41, 5.74) is 1.27. The molecular weight excluding hydrogens is 383 g/mol. The van der Waals surface area contributed by atoms with E-state index in [4.69, 9.17) is 4.74 Å². The standard InChI is InChI=1S/C20H25FN2O4S/c1-15(23(28(3,25)26)18-12-10-17(21)11-13-18)20(24)22-14-6-8-16-7-4-5-9-19(16)27-2/h4-5,7,9-13,15H,6,8,14H2,1-3H3,(H,22,24)/t15-/m1/s1. The van der Waals surface area contributed by atoms with Gasteiger partial charge in [0, 0.05) is 6.54 Å². The van der Waals surface area contributed by atoms with Crippen molar-refractivity contribution < 1.29 is 22.3 Å². The van der Waals surface area contributed by atoms with Crippen molar-refractivity contribution in [3.63, 3.8) is 0 Å². The lowest BCUT2D eigenvalue weighted by molar-refractivity contribution is -0.121. The fourth-order valence-electron chi connectivity index (χ4n) is 2.94. The summed E-state index contributed by atoms with van der Waals surface area (Å²) in [4.78, 5) is 12.5. The largest absolute Gasteiger partial charge is 0.496 e. The molecule has 0 heterocycles. The van der Waals surface area contributed by atoms with Gasteiger partial charge in [-0.25, -0.2) is 12.8 Å². The highest BCUT2D eigenvalue weighted by molar-refractivity contribution is 7.92. The summed E-state index contributed by atoms with van der Waals surface area (Å²) < 4.78 is 43.8. The lowest BCUT2D eigenvalue weighted by atomic mass is 10.1. The van der Waals surface area contributed by atoms with Gasteiger partial charge < -0.3 is 10.1 Å². The second-order valence-corrected chi connectivity index (χ2v) is 8.28. The second-order valence-electron chi connectivity index (χ2n) is 6.42. The Bertz CT molecular complexity index is 901. The number of para-hydroxylation sites is 1. The first-order valence-corrected chi connectivity index (χ1v) is 10.7. The number of halogens is 1. The molecule has 1 amide bonds. The minimum absolute atomic E-state index is 0.237. The van der Waals surface area contributed by atoms with Crippen LogP contribution in [0.15, 0.2) is 48.5 Å². The summed E-state index contributed by atoms with van der Waals surface area (Å²) >= 11 is 0. The highest BCUT2D eigenvalue weighted by atomic mass is 32.2. The van der Waals surface area contributed by atoms with Gasteiger partial charge in [-0.3, -0.25) is 9.10 Å². The lowest BCUT2D eigenvalue weighted by Gasteiger charge is -2.28. The van der Waals surface area contributed by atoms with Crippen LogP contribution >= 0.6 is 0 Å². The van der Waals surface area contributed by atoms with E-state index in [0.717, 1.165) is 34.0 Å². The molecule has 2 rings (SSSR count). The highest BCUT2D eigenvalue weighted by Crippen LogP contribution is 2.21. The molecule has 2 aromatic rings. The number of amides is 1. The molecule has 0 fully saturated rings. The number of nitrogens with zero attached hydrogens (tertiary/aromatic N) is 1. The topological polar surface area (TPSA) is 75.7 Å². The Morgan fingerprint density at radius 3 is 2.43 bits per heavy atom. The van der Waals surface area contributed by atoms with E-state index in [-0.39, 0.29) is 5.69 Å². The van der Waals surface area contributed by atoms with Crippen LogP contribution in [0.2, 0.25) is 0 Å². The van der Waals surface area contributed by atoms with Crippen molar-refractivity contribution >= 4 is 21.6 Å². The maximum Gasteiger partial charge on any atom is 0.243 e. The number of carbonyl (C=O) groups is 1. The Morgan fingerprint density at radius 1 is 1.18 bits per heavy atom. The summed E-state index contributed by atoms with van der Waals surface area (Å²) in [6.45, 7) is 1.89. The molecule has 0 saturated heterocycles. The molecule has 0 unspecified atom stereocenters. The summed E-state index contributed by atoms with van der Waals surface area (Å²) in [5, 5.41) is 2.76. The molecule has 0 spiro atoms. The normalized spacial score (nSPS) is 12.3. The van der Waals surface area contributed by atoms with E-state index in [0.29, 0.717) is 19.4 Å². The number of benzene rings is 2. The van der Waals surface area contributed by atoms with Gasteiger partial charge in [0.25, 0.3) is 0 Å². The molecule has 0 saturated carbocycles. The molecule has 0 aliphatic carbocycles. The van der Waals surface area contributed by atoms with Gasteiger partial charge in [0.2, 0.25) is 15.9 Å². The average Bonchev–Trinajstić information content (AvgIpc) is 2.66. The number of sulfonamides is 1. The number of rotatable bonds is 9. The van der Waals surface area contributed by atoms with E-state index in [1.165, 1.54) is 19.1 Å². The third-order valence-corrected chi connectivity index (χ3v) is 5.53. The van der Waals surface area contributed by atoms with Crippen LogP contribution < -0.4 is 14.4 Å². The second kappa shape index (κ2) is 9.54. The molecule has 1 atom stereocenters. The predicted octanol–water partition coefficient (Wildman–Crippen LogP) is 2.74. The van der Waals surface area contributed by atoms with Crippen LogP contribution in [0.1, 0.15) is 18.9 Å². The van der Waals surface area contributed by atoms with Gasteiger partial charge in [0.15, 0.2) is 0 Å². The van der Waals surface area contributed by atoms with Crippen LogP contribution in [-0.4, -0.2) is 40.3 Å². The monoisotopic (exact) mass is 408 g/mol.